The molecule has 0 spiro atoms. The normalized spacial score (nSPS) is 11.2. The first kappa shape index (κ1) is 21.2. The molecule has 0 bridgehead atoms. The second-order valence-corrected chi connectivity index (χ2v) is 6.17. The molecule has 1 aromatic carbocycles. The molecule has 9 heteroatoms. The smallest absolute Gasteiger partial charge is 0.416 e. The van der Waals surface area contributed by atoms with Crippen molar-refractivity contribution in [3.05, 3.63) is 63.1 Å². The molecule has 0 saturated heterocycles. The number of hydrogen-bond acceptors (Lipinski definition) is 4. The Labute approximate surface area is 159 Å². The van der Waals surface area contributed by atoms with Gasteiger partial charge >= 0.3 is 12.1 Å². The molecule has 6 nitrogen and oxygen atoms in total. The van der Waals surface area contributed by atoms with Crippen LogP contribution in [0.1, 0.15) is 38.9 Å². The molecule has 1 amide bonds. The van der Waals surface area contributed by atoms with Crippen molar-refractivity contribution >= 4 is 11.9 Å². The Morgan fingerprint density at radius 3 is 2.32 bits per heavy atom. The van der Waals surface area contributed by atoms with Crippen LogP contribution in [0.15, 0.2) is 35.1 Å². The molecule has 0 radical (unpaired) electrons. The second-order valence-electron chi connectivity index (χ2n) is 6.17. The van der Waals surface area contributed by atoms with E-state index in [1.807, 2.05) is 0 Å². The quantitative estimate of drug-likeness (QED) is 0.745. The molecule has 0 aliphatic rings. The van der Waals surface area contributed by atoms with Crippen LogP contribution in [0.25, 0.3) is 5.69 Å². The van der Waals surface area contributed by atoms with Crippen molar-refractivity contribution in [1.82, 2.24) is 9.47 Å². The minimum Gasteiger partial charge on any atom is -0.462 e. The van der Waals surface area contributed by atoms with E-state index in [1.165, 1.54) is 32.0 Å². The number of halogens is 3. The average molecular weight is 396 g/mol. The first-order valence-electron chi connectivity index (χ1n) is 8.32. The van der Waals surface area contributed by atoms with Crippen molar-refractivity contribution in [2.45, 2.75) is 20.0 Å². The minimum absolute atomic E-state index is 0.00469. The number of amides is 1. The number of ether oxygens (including phenoxy) is 1. The number of rotatable bonds is 4. The van der Waals surface area contributed by atoms with Gasteiger partial charge in [0, 0.05) is 25.5 Å². The van der Waals surface area contributed by atoms with E-state index < -0.39 is 34.7 Å². The molecule has 150 valence electrons. The zero-order valence-corrected chi connectivity index (χ0v) is 15.8. The van der Waals surface area contributed by atoms with Gasteiger partial charge in [0.1, 0.15) is 5.56 Å². The van der Waals surface area contributed by atoms with Crippen LogP contribution in [0.5, 0.6) is 0 Å². The fourth-order valence-electron chi connectivity index (χ4n) is 2.65. The lowest BCUT2D eigenvalue weighted by Gasteiger charge is -2.19. The summed E-state index contributed by atoms with van der Waals surface area (Å²) in [6.07, 6.45) is -4.62. The molecule has 0 aliphatic heterocycles. The summed E-state index contributed by atoms with van der Waals surface area (Å²) >= 11 is 0. The second kappa shape index (κ2) is 7.87. The van der Waals surface area contributed by atoms with Crippen LogP contribution in [-0.2, 0) is 10.9 Å². The Hall–Kier alpha value is -3.10. The number of nitrogens with zero attached hydrogens (tertiary/aromatic N) is 2. The van der Waals surface area contributed by atoms with Gasteiger partial charge in [-0.25, -0.2) is 4.79 Å². The molecular formula is C19H19F3N2O4. The summed E-state index contributed by atoms with van der Waals surface area (Å²) in [6.45, 7) is 2.96. The number of carbonyl (C=O) groups is 2. The molecule has 0 fully saturated rings. The van der Waals surface area contributed by atoms with Crippen LogP contribution in [0, 0.1) is 6.92 Å². The summed E-state index contributed by atoms with van der Waals surface area (Å²) in [4.78, 5) is 38.8. The van der Waals surface area contributed by atoms with Crippen LogP contribution in [0.4, 0.5) is 13.2 Å². The Balaban J connectivity index is 2.85. The molecule has 2 rings (SSSR count). The Morgan fingerprint density at radius 2 is 1.79 bits per heavy atom. The third-order valence-corrected chi connectivity index (χ3v) is 4.01. The molecule has 0 atom stereocenters. The van der Waals surface area contributed by atoms with Crippen molar-refractivity contribution in [3.8, 4) is 5.69 Å². The highest BCUT2D eigenvalue weighted by Gasteiger charge is 2.31. The van der Waals surface area contributed by atoms with Crippen molar-refractivity contribution in [2.24, 2.45) is 0 Å². The van der Waals surface area contributed by atoms with Gasteiger partial charge in [0.2, 0.25) is 0 Å². The standard InChI is InChI=1S/C19H19F3N2O4/c1-5-28-18(27)15-10-14(16(25)23(3)4)11(2)24(17(15)26)13-8-6-7-12(9-13)19(20,21)22/h6-10H,5H2,1-4H3. The van der Waals surface area contributed by atoms with Gasteiger partial charge < -0.3 is 9.64 Å². The third kappa shape index (κ3) is 4.08. The van der Waals surface area contributed by atoms with E-state index in [2.05, 4.69) is 0 Å². The maximum Gasteiger partial charge on any atom is 0.416 e. The van der Waals surface area contributed by atoms with Gasteiger partial charge in [-0.05, 0) is 38.1 Å². The number of hydrogen-bond donors (Lipinski definition) is 0. The maximum atomic E-state index is 13.1. The van der Waals surface area contributed by atoms with E-state index >= 15 is 0 Å². The van der Waals surface area contributed by atoms with Crippen LogP contribution in [-0.4, -0.2) is 42.0 Å². The van der Waals surface area contributed by atoms with Crippen LogP contribution in [0.3, 0.4) is 0 Å². The lowest BCUT2D eigenvalue weighted by atomic mass is 10.1. The van der Waals surface area contributed by atoms with Crippen LogP contribution in [0.2, 0.25) is 0 Å². The fraction of sp³-hybridized carbons (Fsp3) is 0.316. The Kier molecular flexibility index (Phi) is 5.96. The lowest BCUT2D eigenvalue weighted by molar-refractivity contribution is -0.137. The number of aromatic nitrogens is 1. The topological polar surface area (TPSA) is 68.6 Å². The molecule has 0 saturated carbocycles. The molecule has 1 heterocycles. The fourth-order valence-corrected chi connectivity index (χ4v) is 2.65. The first-order chi connectivity index (χ1) is 13.0. The van der Waals surface area contributed by atoms with Gasteiger partial charge in [-0.1, -0.05) is 6.07 Å². The summed E-state index contributed by atoms with van der Waals surface area (Å²) < 4.78 is 45.0. The highest BCUT2D eigenvalue weighted by atomic mass is 19.4. The number of alkyl halides is 3. The molecule has 28 heavy (non-hydrogen) atoms. The summed E-state index contributed by atoms with van der Waals surface area (Å²) in [5, 5.41) is 0. The zero-order chi connectivity index (χ0) is 21.2. The van der Waals surface area contributed by atoms with E-state index in [1.54, 1.807) is 6.92 Å². The van der Waals surface area contributed by atoms with Crippen molar-refractivity contribution in [2.75, 3.05) is 20.7 Å². The highest BCUT2D eigenvalue weighted by molar-refractivity contribution is 5.98. The Morgan fingerprint density at radius 1 is 1.14 bits per heavy atom. The molecular weight excluding hydrogens is 377 g/mol. The average Bonchev–Trinajstić information content (AvgIpc) is 2.61. The lowest BCUT2D eigenvalue weighted by Crippen LogP contribution is -2.32. The van der Waals surface area contributed by atoms with E-state index in [0.29, 0.717) is 0 Å². The first-order valence-corrected chi connectivity index (χ1v) is 8.32. The SMILES string of the molecule is CCOC(=O)c1cc(C(=O)N(C)C)c(C)n(-c2cccc(C(F)(F)F)c2)c1=O. The summed E-state index contributed by atoms with van der Waals surface area (Å²) in [5.41, 5.74) is -2.27. The summed E-state index contributed by atoms with van der Waals surface area (Å²) in [6, 6.07) is 5.21. The van der Waals surface area contributed by atoms with Crippen LogP contribution < -0.4 is 5.56 Å². The molecule has 2 aromatic rings. The Bertz CT molecular complexity index is 978. The summed E-state index contributed by atoms with van der Waals surface area (Å²) in [5.74, 6) is -1.47. The van der Waals surface area contributed by atoms with E-state index in [9.17, 15) is 27.6 Å². The van der Waals surface area contributed by atoms with Gasteiger partial charge in [0.15, 0.2) is 0 Å². The number of carbonyl (C=O) groups excluding carboxylic acids is 2. The van der Waals surface area contributed by atoms with Gasteiger partial charge in [-0.2, -0.15) is 13.2 Å². The van der Waals surface area contributed by atoms with Gasteiger partial charge in [0.05, 0.1) is 17.7 Å². The highest BCUT2D eigenvalue weighted by Crippen LogP contribution is 2.30. The van der Waals surface area contributed by atoms with Gasteiger partial charge in [-0.3, -0.25) is 14.2 Å². The minimum atomic E-state index is -4.62. The van der Waals surface area contributed by atoms with E-state index in [0.717, 1.165) is 28.8 Å². The number of pyridine rings is 1. The monoisotopic (exact) mass is 396 g/mol. The predicted molar refractivity (Wildman–Crippen MR) is 95.8 cm³/mol. The maximum absolute atomic E-state index is 13.1. The largest absolute Gasteiger partial charge is 0.462 e. The molecule has 0 N–H and O–H groups in total. The van der Waals surface area contributed by atoms with Crippen molar-refractivity contribution in [3.63, 3.8) is 0 Å². The summed E-state index contributed by atoms with van der Waals surface area (Å²) in [7, 11) is 2.96. The molecule has 1 aromatic heterocycles. The molecule has 0 aliphatic carbocycles. The van der Waals surface area contributed by atoms with E-state index in [-0.39, 0.29) is 23.6 Å². The number of benzene rings is 1. The number of esters is 1. The predicted octanol–water partition coefficient (Wildman–Crippen LogP) is 3.04. The van der Waals surface area contributed by atoms with Crippen molar-refractivity contribution in [1.29, 1.82) is 0 Å². The zero-order valence-electron chi connectivity index (χ0n) is 15.8. The van der Waals surface area contributed by atoms with Crippen LogP contribution >= 0.6 is 0 Å². The third-order valence-electron chi connectivity index (χ3n) is 4.01. The van der Waals surface area contributed by atoms with Crippen molar-refractivity contribution < 1.29 is 27.5 Å². The molecule has 0 unspecified atom stereocenters. The van der Waals surface area contributed by atoms with Gasteiger partial charge in [0.25, 0.3) is 11.5 Å². The van der Waals surface area contributed by atoms with E-state index in [4.69, 9.17) is 4.74 Å². The van der Waals surface area contributed by atoms with Gasteiger partial charge in [-0.15, -0.1) is 0 Å².